The van der Waals surface area contributed by atoms with Crippen LogP contribution in [-0.2, 0) is 24.2 Å². The molecule has 2 atom stereocenters. The van der Waals surface area contributed by atoms with E-state index in [0.29, 0.717) is 17.8 Å². The van der Waals surface area contributed by atoms with Gasteiger partial charge in [-0.05, 0) is 23.0 Å². The fourth-order valence-corrected chi connectivity index (χ4v) is 3.74. The van der Waals surface area contributed by atoms with E-state index in [9.17, 15) is 0 Å². The molecular formula is C22H21Cl2Zr-. The maximum Gasteiger partial charge on any atom is -1.00 e. The molecule has 0 aliphatic heterocycles. The molecule has 4 rings (SSSR count). The fraction of sp³-hybridized carbons (Fsp3) is 0.227. The molecule has 0 amide bonds. The van der Waals surface area contributed by atoms with E-state index in [1.807, 2.05) is 0 Å². The molecule has 0 spiro atoms. The third-order valence-electron chi connectivity index (χ3n) is 4.76. The Hall–Kier alpha value is -0.747. The number of hydrogen-bond donors (Lipinski definition) is 0. The fourth-order valence-electron chi connectivity index (χ4n) is 3.74. The third-order valence-corrected chi connectivity index (χ3v) is 4.76. The summed E-state index contributed by atoms with van der Waals surface area (Å²) in [4.78, 5) is 0. The Morgan fingerprint density at radius 2 is 1.44 bits per heavy atom. The molecule has 0 saturated heterocycles. The van der Waals surface area contributed by atoms with Gasteiger partial charge in [-0.1, -0.05) is 73.9 Å². The SMILES string of the molecule is CC(C)C1=Cc2ccccc2C1C1[C-]=Cc2ccccc21.[CH2]=[Zr+2].[Cl-].[Cl-]. The average molecular weight is 448 g/mol. The van der Waals surface area contributed by atoms with Crippen LogP contribution in [0.15, 0.2) is 54.1 Å². The molecular weight excluding hydrogens is 426 g/mol. The predicted molar refractivity (Wildman–Crippen MR) is 96.0 cm³/mol. The van der Waals surface area contributed by atoms with Crippen LogP contribution >= 0.6 is 0 Å². The van der Waals surface area contributed by atoms with E-state index in [1.54, 1.807) is 5.57 Å². The van der Waals surface area contributed by atoms with Gasteiger partial charge in [0.15, 0.2) is 0 Å². The van der Waals surface area contributed by atoms with Crippen LogP contribution in [0.4, 0.5) is 0 Å². The van der Waals surface area contributed by atoms with Crippen molar-refractivity contribution in [3.63, 3.8) is 0 Å². The Kier molecular flexibility index (Phi) is 8.75. The molecule has 2 aliphatic rings. The monoisotopic (exact) mass is 445 g/mol. The van der Waals surface area contributed by atoms with Crippen LogP contribution in [0.1, 0.15) is 47.9 Å². The third kappa shape index (κ3) is 4.16. The molecule has 0 radical (unpaired) electrons. The van der Waals surface area contributed by atoms with Gasteiger partial charge in [-0.25, -0.2) is 6.08 Å². The molecule has 3 heteroatoms. The van der Waals surface area contributed by atoms with Crippen molar-refractivity contribution < 1.29 is 49.0 Å². The van der Waals surface area contributed by atoms with Gasteiger partial charge >= 0.3 is 28.4 Å². The summed E-state index contributed by atoms with van der Waals surface area (Å²) in [5, 5.41) is 0. The first-order valence-electron chi connectivity index (χ1n) is 8.09. The molecule has 25 heavy (non-hydrogen) atoms. The van der Waals surface area contributed by atoms with Crippen molar-refractivity contribution in [2.75, 3.05) is 0 Å². The minimum atomic E-state index is 0. The van der Waals surface area contributed by atoms with Crippen molar-refractivity contribution in [3.8, 4) is 0 Å². The second-order valence-corrected chi connectivity index (χ2v) is 6.32. The zero-order valence-corrected chi connectivity index (χ0v) is 18.4. The van der Waals surface area contributed by atoms with Crippen LogP contribution in [0.2, 0.25) is 0 Å². The molecule has 128 valence electrons. The van der Waals surface area contributed by atoms with Gasteiger partial charge in [-0.2, -0.15) is 5.56 Å². The summed E-state index contributed by atoms with van der Waals surface area (Å²) in [6.07, 6.45) is 8.19. The summed E-state index contributed by atoms with van der Waals surface area (Å²) in [7, 11) is 0. The summed E-state index contributed by atoms with van der Waals surface area (Å²) >= 11 is 1.30. The zero-order chi connectivity index (χ0) is 16.4. The molecule has 0 fully saturated rings. The first-order chi connectivity index (χ1) is 11.3. The molecule has 0 aromatic heterocycles. The van der Waals surface area contributed by atoms with Crippen molar-refractivity contribution >= 4 is 16.4 Å². The van der Waals surface area contributed by atoms with E-state index in [1.165, 1.54) is 46.5 Å². The van der Waals surface area contributed by atoms with Crippen LogP contribution in [0.5, 0.6) is 0 Å². The van der Waals surface area contributed by atoms with Gasteiger partial charge in [-0.3, -0.25) is 6.08 Å². The van der Waals surface area contributed by atoms with Crippen molar-refractivity contribution in [2.24, 2.45) is 5.92 Å². The van der Waals surface area contributed by atoms with Crippen molar-refractivity contribution in [1.82, 2.24) is 0 Å². The first-order valence-corrected chi connectivity index (χ1v) is 9.83. The topological polar surface area (TPSA) is 0 Å². The van der Waals surface area contributed by atoms with Gasteiger partial charge in [0.2, 0.25) is 0 Å². The van der Waals surface area contributed by atoms with Crippen LogP contribution in [-0.4, -0.2) is 4.21 Å². The van der Waals surface area contributed by atoms with Gasteiger partial charge < -0.3 is 24.8 Å². The van der Waals surface area contributed by atoms with Crippen LogP contribution in [0, 0.1) is 12.0 Å². The zero-order valence-electron chi connectivity index (χ0n) is 14.5. The molecule has 0 bridgehead atoms. The molecule has 0 N–H and O–H groups in total. The van der Waals surface area contributed by atoms with Gasteiger partial charge in [0.05, 0.1) is 0 Å². The van der Waals surface area contributed by atoms with Crippen LogP contribution in [0.3, 0.4) is 0 Å². The Balaban J connectivity index is 0.000000755. The second kappa shape index (κ2) is 9.81. The van der Waals surface area contributed by atoms with Crippen LogP contribution < -0.4 is 24.8 Å². The van der Waals surface area contributed by atoms with Crippen LogP contribution in [0.25, 0.3) is 12.2 Å². The summed E-state index contributed by atoms with van der Waals surface area (Å²) in [5.74, 6) is 1.37. The van der Waals surface area contributed by atoms with Gasteiger partial charge in [0, 0.05) is 0 Å². The van der Waals surface area contributed by atoms with Gasteiger partial charge in [0.25, 0.3) is 0 Å². The number of allylic oxidation sites excluding steroid dienone is 2. The standard InChI is InChI=1S/C21H19.CH2.2ClH.Zr/c1-14(2)20-13-16-8-4-6-10-18(16)21(20)19-12-11-15-7-3-5-9-17(15)19;;;;/h3-11,13-14,19,21H,1-2H3;1H2;2*1H;/q-1;;;;+2/p-2. The van der Waals surface area contributed by atoms with E-state index in [4.69, 9.17) is 0 Å². The molecule has 0 saturated carbocycles. The Morgan fingerprint density at radius 3 is 2.08 bits per heavy atom. The number of fused-ring (bicyclic) bond motifs is 2. The van der Waals surface area contributed by atoms with E-state index < -0.39 is 0 Å². The minimum Gasteiger partial charge on any atom is -1.00 e. The molecule has 0 heterocycles. The van der Waals surface area contributed by atoms with E-state index >= 15 is 0 Å². The Labute approximate surface area is 178 Å². The summed E-state index contributed by atoms with van der Waals surface area (Å²) in [6, 6.07) is 17.5. The first kappa shape index (κ1) is 22.3. The number of halogens is 2. The molecule has 0 nitrogen and oxygen atoms in total. The maximum absolute atomic E-state index is 3.62. The van der Waals surface area contributed by atoms with Crippen molar-refractivity contribution in [2.45, 2.75) is 25.7 Å². The van der Waals surface area contributed by atoms with Crippen molar-refractivity contribution in [1.29, 1.82) is 0 Å². The second-order valence-electron chi connectivity index (χ2n) is 6.32. The van der Waals surface area contributed by atoms with E-state index in [0.717, 1.165) is 0 Å². The number of hydrogen-bond acceptors (Lipinski definition) is 0. The molecule has 2 aromatic carbocycles. The largest absolute Gasteiger partial charge is 1.00 e. The summed E-state index contributed by atoms with van der Waals surface area (Å²) in [5.41, 5.74) is 7.14. The number of rotatable bonds is 2. The smallest absolute Gasteiger partial charge is 1.00 e. The summed E-state index contributed by atoms with van der Waals surface area (Å²) in [6.45, 7) is 4.60. The molecule has 2 aliphatic carbocycles. The minimum absolute atomic E-state index is 0. The number of benzene rings is 2. The van der Waals surface area contributed by atoms with Gasteiger partial charge in [-0.15, -0.1) is 11.6 Å². The van der Waals surface area contributed by atoms with E-state index in [-0.39, 0.29) is 24.8 Å². The maximum atomic E-state index is 3.62. The summed E-state index contributed by atoms with van der Waals surface area (Å²) < 4.78 is 3.34. The Bertz CT molecular complexity index is 777. The Morgan fingerprint density at radius 1 is 0.880 bits per heavy atom. The molecule has 2 unspecified atom stereocenters. The van der Waals surface area contributed by atoms with E-state index in [2.05, 4.69) is 84.8 Å². The van der Waals surface area contributed by atoms with Gasteiger partial charge in [0.1, 0.15) is 0 Å². The average Bonchev–Trinajstić information content (AvgIpc) is 3.17. The quantitative estimate of drug-likeness (QED) is 0.540. The predicted octanol–water partition coefficient (Wildman–Crippen LogP) is -0.590. The molecule has 2 aromatic rings. The normalized spacial score (nSPS) is 19.0. The van der Waals surface area contributed by atoms with Crippen molar-refractivity contribution in [3.05, 3.63) is 82.4 Å².